The maximum Gasteiger partial charge on any atom is 1.00 e. The van der Waals surface area contributed by atoms with Crippen molar-refractivity contribution in [2.75, 3.05) is 0 Å². The van der Waals surface area contributed by atoms with Gasteiger partial charge in [0.2, 0.25) is 0 Å². The molecule has 29 heavy (non-hydrogen) atoms. The van der Waals surface area contributed by atoms with Crippen LogP contribution >= 0.6 is 0 Å². The molecule has 0 aliphatic heterocycles. The summed E-state index contributed by atoms with van der Waals surface area (Å²) < 4.78 is 30.2. The molecule has 0 amide bonds. The van der Waals surface area contributed by atoms with Gasteiger partial charge in [-0.1, -0.05) is 77.2 Å². The fourth-order valence-electron chi connectivity index (χ4n) is 3.35. The van der Waals surface area contributed by atoms with Crippen molar-refractivity contribution in [3.63, 3.8) is 0 Å². The number of unbranched alkanes of at least 4 members (excludes halogenated alkanes) is 9. The number of hydrogen-bond donors (Lipinski definition) is 1. The van der Waals surface area contributed by atoms with Gasteiger partial charge in [0.25, 0.3) is 10.1 Å². The smallest absolute Gasteiger partial charge is 0.550 e. The number of rotatable bonds is 17. The van der Waals surface area contributed by atoms with Crippen LogP contribution in [0.25, 0.3) is 0 Å². The second kappa shape index (κ2) is 18.2. The molecule has 0 aromatic carbocycles. The van der Waals surface area contributed by atoms with E-state index in [4.69, 9.17) is 0 Å². The van der Waals surface area contributed by atoms with E-state index in [1.165, 1.54) is 25.7 Å². The van der Waals surface area contributed by atoms with E-state index in [2.05, 4.69) is 13.5 Å². The molecule has 0 saturated carbocycles. The van der Waals surface area contributed by atoms with Crippen LogP contribution in [0.4, 0.5) is 0 Å². The average Bonchev–Trinajstić information content (AvgIpc) is 2.56. The first-order valence-corrected chi connectivity index (χ1v) is 11.1. The minimum Gasteiger partial charge on any atom is -0.550 e. The van der Waals surface area contributed by atoms with Gasteiger partial charge >= 0.3 is 59.1 Å². The first kappa shape index (κ1) is 34.2. The largest absolute Gasteiger partial charge is 1.00 e. The van der Waals surface area contributed by atoms with Gasteiger partial charge in [0.05, 0.1) is 5.97 Å². The van der Waals surface area contributed by atoms with Crippen LogP contribution in [0.2, 0.25) is 0 Å². The Morgan fingerprint density at radius 3 is 1.69 bits per heavy atom. The molecule has 0 radical (unpaired) electrons. The van der Waals surface area contributed by atoms with Gasteiger partial charge in [-0.05, 0) is 12.8 Å². The van der Waals surface area contributed by atoms with Gasteiger partial charge in [0, 0.05) is 11.9 Å². The number of allylic oxidation sites excluding steroid dienone is 1. The van der Waals surface area contributed by atoms with Crippen LogP contribution in [0.3, 0.4) is 0 Å². The number of hydrogen-bond acceptors (Lipinski definition) is 6. The van der Waals surface area contributed by atoms with Crippen molar-refractivity contribution in [2.24, 2.45) is 5.92 Å². The van der Waals surface area contributed by atoms with E-state index < -0.39 is 45.6 Å². The predicted octanol–water partition coefficient (Wildman–Crippen LogP) is -4.38. The molecule has 0 fully saturated rings. The summed E-state index contributed by atoms with van der Waals surface area (Å²) in [5.41, 5.74) is 0. The first-order valence-electron chi connectivity index (χ1n) is 9.65. The molecule has 1 N–H and O–H groups in total. The molecule has 0 aliphatic rings. The quantitative estimate of drug-likeness (QED) is 0.102. The third-order valence-corrected chi connectivity index (χ3v) is 6.53. The summed E-state index contributed by atoms with van der Waals surface area (Å²) >= 11 is 0. The maximum atomic E-state index is 11.8. The summed E-state index contributed by atoms with van der Waals surface area (Å²) in [5.74, 6) is -5.96. The normalized spacial score (nSPS) is 14.0. The van der Waals surface area contributed by atoms with Gasteiger partial charge in [0.1, 0.15) is 4.75 Å². The van der Waals surface area contributed by atoms with E-state index in [-0.39, 0.29) is 65.5 Å². The second-order valence-electron chi connectivity index (χ2n) is 6.98. The molecule has 0 bridgehead atoms. The number of carbonyl (C=O) groups excluding carboxylic acids is 2. The second-order valence-corrected chi connectivity index (χ2v) is 8.66. The van der Waals surface area contributed by atoms with Crippen molar-refractivity contribution in [2.45, 2.75) is 88.7 Å². The van der Waals surface area contributed by atoms with Crippen molar-refractivity contribution in [1.29, 1.82) is 0 Å². The summed E-state index contributed by atoms with van der Waals surface area (Å²) in [5, 5.41) is 22.9. The Kier molecular flexibility index (Phi) is 21.5. The zero-order valence-electron chi connectivity index (χ0n) is 18.2. The topological polar surface area (TPSA) is 135 Å². The molecule has 0 aliphatic carbocycles. The summed E-state index contributed by atoms with van der Waals surface area (Å²) in [6.07, 6.45) is 9.45. The van der Waals surface area contributed by atoms with Crippen molar-refractivity contribution >= 4 is 22.1 Å². The van der Waals surface area contributed by atoms with Crippen molar-refractivity contribution in [3.8, 4) is 0 Å². The first-order chi connectivity index (χ1) is 12.6. The molecule has 0 heterocycles. The van der Waals surface area contributed by atoms with Crippen LogP contribution < -0.4 is 69.3 Å². The molecule has 7 nitrogen and oxygen atoms in total. The van der Waals surface area contributed by atoms with Crippen molar-refractivity contribution in [1.82, 2.24) is 0 Å². The molecule has 0 aromatic rings. The van der Waals surface area contributed by atoms with E-state index in [9.17, 15) is 32.8 Å². The Morgan fingerprint density at radius 2 is 1.38 bits per heavy atom. The minimum atomic E-state index is -5.23. The van der Waals surface area contributed by atoms with Gasteiger partial charge in [-0.3, -0.25) is 4.55 Å². The van der Waals surface area contributed by atoms with E-state index in [0.717, 1.165) is 31.8 Å². The molecule has 0 spiro atoms. The van der Waals surface area contributed by atoms with Gasteiger partial charge < -0.3 is 19.8 Å². The molecule has 2 atom stereocenters. The number of carboxylic acids is 2. The third kappa shape index (κ3) is 11.7. The monoisotopic (exact) mass is 450 g/mol. The molecule has 0 rings (SSSR count). The Morgan fingerprint density at radius 1 is 0.966 bits per heavy atom. The maximum absolute atomic E-state index is 11.8. The van der Waals surface area contributed by atoms with Crippen LogP contribution in [0.1, 0.15) is 84.0 Å². The van der Waals surface area contributed by atoms with E-state index in [1.807, 2.05) is 0 Å². The Bertz CT molecular complexity index is 581. The molecule has 158 valence electrons. The van der Waals surface area contributed by atoms with Crippen LogP contribution in [0.15, 0.2) is 12.7 Å². The van der Waals surface area contributed by atoms with Gasteiger partial charge in [-0.15, -0.1) is 6.58 Å². The van der Waals surface area contributed by atoms with Gasteiger partial charge in [0.15, 0.2) is 0 Å². The molecular formula is C19H32Na2O7S. The predicted molar refractivity (Wildman–Crippen MR) is 99.1 cm³/mol. The number of carboxylic acid groups (broad SMARTS) is 2. The number of carbonyl (C=O) groups is 2. The zero-order chi connectivity index (χ0) is 20.9. The molecule has 0 saturated heterocycles. The average molecular weight is 451 g/mol. The summed E-state index contributed by atoms with van der Waals surface area (Å²) in [6.45, 7) is 5.47. The van der Waals surface area contributed by atoms with Gasteiger partial charge in [-0.2, -0.15) is 8.42 Å². The Balaban J connectivity index is -0.00000338. The van der Waals surface area contributed by atoms with Crippen LogP contribution in [0, 0.1) is 5.92 Å². The zero-order valence-corrected chi connectivity index (χ0v) is 23.0. The molecular weight excluding hydrogens is 418 g/mol. The summed E-state index contributed by atoms with van der Waals surface area (Å²) in [6, 6.07) is 0. The molecule has 0 aromatic heterocycles. The fraction of sp³-hybridized carbons (Fsp3) is 0.789. The standard InChI is InChI=1S/C19H34O7S.2Na/c1-3-5-6-7-8-9-10-11-12-13-15-19(18(22)23,27(24,25)26)16(14-4-2)17(20)21;;/h4,16H,2-3,5-15H2,1H3,(H,20,21)(H,22,23)(H,24,25,26);;/q;2*+1/p-2. The number of aliphatic carboxylic acids is 2. The van der Waals surface area contributed by atoms with Gasteiger partial charge in [-0.25, -0.2) is 0 Å². The minimum absolute atomic E-state index is 0. The van der Waals surface area contributed by atoms with Crippen LogP contribution in [-0.2, 0) is 19.7 Å². The SMILES string of the molecule is C=CCC(C(=O)[O-])C(CCCCCCCCCCCC)(C(=O)[O-])S(=O)(=O)O.[Na+].[Na+]. The van der Waals surface area contributed by atoms with Crippen LogP contribution in [0.5, 0.6) is 0 Å². The van der Waals surface area contributed by atoms with E-state index in [0.29, 0.717) is 6.42 Å². The van der Waals surface area contributed by atoms with E-state index in [1.54, 1.807) is 0 Å². The third-order valence-electron chi connectivity index (χ3n) is 4.96. The Labute approximate surface area is 219 Å². The van der Waals surface area contributed by atoms with Crippen molar-refractivity contribution < 1.29 is 91.9 Å². The Hall–Kier alpha value is 0.590. The molecule has 10 heteroatoms. The van der Waals surface area contributed by atoms with Crippen LogP contribution in [-0.4, -0.2) is 29.7 Å². The summed E-state index contributed by atoms with van der Waals surface area (Å²) in [4.78, 5) is 22.9. The van der Waals surface area contributed by atoms with Crippen molar-refractivity contribution in [3.05, 3.63) is 12.7 Å². The molecule has 2 unspecified atom stereocenters. The van der Waals surface area contributed by atoms with E-state index >= 15 is 0 Å². The fourth-order valence-corrected chi connectivity index (χ4v) is 4.52. The summed E-state index contributed by atoms with van der Waals surface area (Å²) in [7, 11) is -5.23.